The quantitative estimate of drug-likeness (QED) is 0.508. The van der Waals surface area contributed by atoms with E-state index in [1.54, 1.807) is 11.1 Å². The van der Waals surface area contributed by atoms with Crippen molar-refractivity contribution >= 4 is 16.1 Å². The second-order valence-electron chi connectivity index (χ2n) is 7.28. The van der Waals surface area contributed by atoms with E-state index in [4.69, 9.17) is 0 Å². The summed E-state index contributed by atoms with van der Waals surface area (Å²) in [5.74, 6) is 0. The van der Waals surface area contributed by atoms with Gasteiger partial charge in [0.2, 0.25) is 0 Å². The maximum Gasteiger partial charge on any atom is -1.00 e. The Morgan fingerprint density at radius 1 is 0.789 bits per heavy atom. The fourth-order valence-electron chi connectivity index (χ4n) is 2.37. The van der Waals surface area contributed by atoms with Crippen LogP contribution in [0.1, 0.15) is 14.3 Å². The minimum atomic E-state index is -1.15. The summed E-state index contributed by atoms with van der Waals surface area (Å²) in [5, 5.41) is 3.47. The zero-order valence-electron chi connectivity index (χ0n) is 14.0. The van der Waals surface area contributed by atoms with Crippen LogP contribution in [0.5, 0.6) is 0 Å². The van der Waals surface area contributed by atoms with E-state index in [-0.39, 0.29) is 1.43 Å². The number of hydrogen-bond acceptors (Lipinski definition) is 0. The van der Waals surface area contributed by atoms with Gasteiger partial charge in [0.05, 0.1) is 0 Å². The Bertz CT molecular complexity index is 454. The Balaban J connectivity index is 0.00000200. The largest absolute Gasteiger partial charge is 1.00 e. The van der Waals surface area contributed by atoms with Crippen LogP contribution >= 0.6 is 0 Å². The molecule has 0 saturated heterocycles. The van der Waals surface area contributed by atoms with Crippen molar-refractivity contribution in [2.45, 2.75) is 52.1 Å². The van der Waals surface area contributed by atoms with Gasteiger partial charge >= 0.3 is 146 Å². The molecule has 114 valence electrons. The molecule has 2 aliphatic rings. The molecule has 0 unspecified atom stereocenters. The SMILES string of the molecule is C[Si](C)(C)C1=[C]([Yb][C]2=C([Si](C)(C)C)C=CC2)CC=C1.[H-]. The summed E-state index contributed by atoms with van der Waals surface area (Å²) >= 11 is 0.667. The van der Waals surface area contributed by atoms with E-state index in [1.165, 1.54) is 12.8 Å². The molecule has 0 aromatic carbocycles. The molecule has 0 aliphatic heterocycles. The van der Waals surface area contributed by atoms with E-state index >= 15 is 0 Å². The Kier molecular flexibility index (Phi) is 5.11. The Morgan fingerprint density at radius 2 is 1.16 bits per heavy atom. The van der Waals surface area contributed by atoms with Gasteiger partial charge in [-0.2, -0.15) is 0 Å². The van der Waals surface area contributed by atoms with Crippen LogP contribution in [0.3, 0.4) is 0 Å². The summed E-state index contributed by atoms with van der Waals surface area (Å²) < 4.78 is 3.54. The topological polar surface area (TPSA) is 0 Å². The third kappa shape index (κ3) is 3.97. The predicted molar refractivity (Wildman–Crippen MR) is 89.4 cm³/mol. The maximum atomic E-state index is 2.48. The number of hydrogen-bond donors (Lipinski definition) is 0. The molecule has 0 aromatic heterocycles. The van der Waals surface area contributed by atoms with Gasteiger partial charge in [0.15, 0.2) is 0 Å². The summed E-state index contributed by atoms with van der Waals surface area (Å²) in [6.07, 6.45) is 12.1. The van der Waals surface area contributed by atoms with Crippen LogP contribution in [-0.2, 0) is 0 Å². The average molecular weight is 449 g/mol. The van der Waals surface area contributed by atoms with Crippen LogP contribution in [0.15, 0.2) is 35.4 Å². The normalized spacial score (nSPS) is 20.3. The average Bonchev–Trinajstić information content (AvgIpc) is 2.83. The summed E-state index contributed by atoms with van der Waals surface area (Å²) in [7, 11) is -2.30. The molecule has 2 aliphatic carbocycles. The predicted octanol–water partition coefficient (Wildman–Crippen LogP) is 5.37. The molecule has 3 heteroatoms. The summed E-state index contributed by atoms with van der Waals surface area (Å²) in [5.41, 5.74) is 0. The van der Waals surface area contributed by atoms with E-state index in [9.17, 15) is 0 Å². The molecular formula is C16H27Si2Yb-. The monoisotopic (exact) mass is 449 g/mol. The molecule has 2 rings (SSSR count). The zero-order chi connectivity index (χ0) is 14.3. The first-order valence-corrected chi connectivity index (χ1v) is 15.7. The van der Waals surface area contributed by atoms with Crippen molar-refractivity contribution in [1.82, 2.24) is 0 Å². The van der Waals surface area contributed by atoms with Gasteiger partial charge in [-0.25, -0.2) is 0 Å². The van der Waals surface area contributed by atoms with E-state index in [1.807, 2.05) is 0 Å². The van der Waals surface area contributed by atoms with Crippen LogP contribution in [0, 0.1) is 42.4 Å². The van der Waals surface area contributed by atoms with Crippen molar-refractivity contribution in [2.75, 3.05) is 0 Å². The van der Waals surface area contributed by atoms with E-state index < -0.39 is 16.1 Å². The van der Waals surface area contributed by atoms with Crippen molar-refractivity contribution in [3.63, 3.8) is 0 Å². The maximum absolute atomic E-state index is 2.48. The third-order valence-corrected chi connectivity index (χ3v) is 11.0. The molecule has 0 bridgehead atoms. The van der Waals surface area contributed by atoms with Gasteiger partial charge < -0.3 is 1.43 Å². The summed E-state index contributed by atoms with van der Waals surface area (Å²) in [6, 6.07) is 0. The van der Waals surface area contributed by atoms with Gasteiger partial charge in [0.1, 0.15) is 0 Å². The molecule has 0 N–H and O–H groups in total. The Morgan fingerprint density at radius 3 is 1.47 bits per heavy atom. The first kappa shape index (κ1) is 16.3. The fraction of sp³-hybridized carbons (Fsp3) is 0.500. The molecule has 0 amide bonds. The second-order valence-corrected chi connectivity index (χ2v) is 19.9. The van der Waals surface area contributed by atoms with Crippen LogP contribution in [0.4, 0.5) is 0 Å². The molecule has 0 spiro atoms. The fourth-order valence-corrected chi connectivity index (χ4v) is 11.8. The van der Waals surface area contributed by atoms with Gasteiger partial charge in [-0.1, -0.05) is 0 Å². The van der Waals surface area contributed by atoms with Crippen molar-refractivity contribution in [3.8, 4) is 0 Å². The van der Waals surface area contributed by atoms with Crippen molar-refractivity contribution in [1.29, 1.82) is 0 Å². The first-order chi connectivity index (χ1) is 8.69. The van der Waals surface area contributed by atoms with Crippen molar-refractivity contribution in [2.24, 2.45) is 0 Å². The molecule has 0 atom stereocenters. The third-order valence-electron chi connectivity index (χ3n) is 3.42. The van der Waals surface area contributed by atoms with E-state index in [2.05, 4.69) is 63.6 Å². The van der Waals surface area contributed by atoms with Crippen LogP contribution in [0.2, 0.25) is 39.3 Å². The molecule has 0 fully saturated rings. The number of allylic oxidation sites excluding steroid dienone is 8. The van der Waals surface area contributed by atoms with Crippen molar-refractivity contribution < 1.29 is 43.8 Å². The Hall–Kier alpha value is 0.913. The van der Waals surface area contributed by atoms with E-state index in [0.717, 1.165) is 0 Å². The molecule has 0 nitrogen and oxygen atoms in total. The first-order valence-electron chi connectivity index (χ1n) is 7.03. The summed E-state index contributed by atoms with van der Waals surface area (Å²) in [6.45, 7) is 14.9. The van der Waals surface area contributed by atoms with Crippen LogP contribution < -0.4 is 0 Å². The minimum absolute atomic E-state index is 0. The number of rotatable bonds is 4. The molecule has 0 radical (unpaired) electrons. The van der Waals surface area contributed by atoms with Gasteiger partial charge in [0.25, 0.3) is 0 Å². The molecule has 0 heterocycles. The van der Waals surface area contributed by atoms with Gasteiger partial charge in [-0.15, -0.1) is 0 Å². The molecule has 0 saturated carbocycles. The smallest absolute Gasteiger partial charge is 1.00 e. The van der Waals surface area contributed by atoms with Gasteiger partial charge in [-0.3, -0.25) is 0 Å². The Labute approximate surface area is 145 Å². The van der Waals surface area contributed by atoms with Gasteiger partial charge in [0, 0.05) is 0 Å². The molecular weight excluding hydrogens is 421 g/mol. The minimum Gasteiger partial charge on any atom is -1.00 e. The van der Waals surface area contributed by atoms with E-state index in [0.29, 0.717) is 42.4 Å². The van der Waals surface area contributed by atoms with Crippen LogP contribution in [-0.4, -0.2) is 16.1 Å². The molecule has 0 aromatic rings. The second kappa shape index (κ2) is 5.96. The van der Waals surface area contributed by atoms with Gasteiger partial charge in [-0.05, 0) is 0 Å². The van der Waals surface area contributed by atoms with Crippen molar-refractivity contribution in [3.05, 3.63) is 35.4 Å². The van der Waals surface area contributed by atoms with Crippen LogP contribution in [0.25, 0.3) is 0 Å². The summed E-state index contributed by atoms with van der Waals surface area (Å²) in [4.78, 5) is 0. The molecule has 19 heavy (non-hydrogen) atoms. The zero-order valence-corrected chi connectivity index (χ0v) is 16.7. The standard InChI is InChI=1S/2C8H13Si.Yb.H/c2*1-9(2,3)8-6-4-5-7-8;;/h2*4,6H,5H2,1-3H3;;/q;;;-1.